The van der Waals surface area contributed by atoms with Gasteiger partial charge in [-0.2, -0.15) is 13.2 Å². The molecule has 0 unspecified atom stereocenters. The van der Waals surface area contributed by atoms with Crippen LogP contribution in [0.3, 0.4) is 0 Å². The fraction of sp³-hybridized carbons (Fsp3) is 0.133. The number of halogens is 8. The van der Waals surface area contributed by atoms with E-state index in [2.05, 4.69) is 4.98 Å². The van der Waals surface area contributed by atoms with Gasteiger partial charge in [0.1, 0.15) is 15.6 Å². The third kappa shape index (κ3) is 5.72. The Morgan fingerprint density at radius 2 is 1.62 bits per heavy atom. The van der Waals surface area contributed by atoms with Crippen LogP contribution < -0.4 is 9.47 Å². The Morgan fingerprint density at radius 1 is 1.00 bits per heavy atom. The van der Waals surface area contributed by atoms with E-state index < -0.39 is 16.6 Å². The van der Waals surface area contributed by atoms with Gasteiger partial charge >= 0.3 is 6.18 Å². The van der Waals surface area contributed by atoms with Crippen molar-refractivity contribution in [1.29, 1.82) is 0 Å². The van der Waals surface area contributed by atoms with E-state index in [0.29, 0.717) is 12.3 Å². The highest BCUT2D eigenvalue weighted by molar-refractivity contribution is 6.45. The predicted octanol–water partition coefficient (Wildman–Crippen LogP) is 7.55. The van der Waals surface area contributed by atoms with Crippen molar-refractivity contribution in [3.05, 3.63) is 57.4 Å². The van der Waals surface area contributed by atoms with Gasteiger partial charge in [-0.25, -0.2) is 4.98 Å². The number of pyridine rings is 1. The number of nitrogens with zero attached hydrogens (tertiary/aromatic N) is 1. The summed E-state index contributed by atoms with van der Waals surface area (Å²) in [6.07, 6.45) is -1.40. The molecule has 0 saturated heterocycles. The lowest BCUT2D eigenvalue weighted by Crippen LogP contribution is -2.05. The topological polar surface area (TPSA) is 31.4 Å². The molecule has 3 nitrogen and oxygen atoms in total. The number of rotatable bonds is 5. The lowest BCUT2D eigenvalue weighted by molar-refractivity contribution is -0.137. The van der Waals surface area contributed by atoms with Crippen molar-refractivity contribution in [2.45, 2.75) is 11.0 Å². The Bertz CT molecular complexity index is 804. The molecule has 1 aromatic carbocycles. The van der Waals surface area contributed by atoms with Gasteiger partial charge in [-0.3, -0.25) is 0 Å². The van der Waals surface area contributed by atoms with E-state index in [1.807, 2.05) is 0 Å². The zero-order valence-electron chi connectivity index (χ0n) is 12.3. The van der Waals surface area contributed by atoms with Crippen molar-refractivity contribution in [1.82, 2.24) is 4.98 Å². The molecule has 11 heteroatoms. The van der Waals surface area contributed by atoms with E-state index in [0.717, 1.165) is 0 Å². The summed E-state index contributed by atoms with van der Waals surface area (Å²) in [5.74, 6) is -0.0837. The van der Waals surface area contributed by atoms with Crippen molar-refractivity contribution < 1.29 is 22.6 Å². The first-order valence-electron chi connectivity index (χ1n) is 6.59. The molecule has 140 valence electrons. The Morgan fingerprint density at radius 3 is 2.12 bits per heavy atom. The van der Waals surface area contributed by atoms with Crippen LogP contribution in [0.2, 0.25) is 15.1 Å². The van der Waals surface area contributed by atoms with Crippen LogP contribution in [-0.4, -0.2) is 9.82 Å². The van der Waals surface area contributed by atoms with E-state index in [-0.39, 0.29) is 32.4 Å². The largest absolute Gasteiger partial charge is 0.465 e. The molecule has 0 aliphatic rings. The first kappa shape index (κ1) is 21.3. The Labute approximate surface area is 171 Å². The Balaban J connectivity index is 2.25. The molecule has 0 fully saturated rings. The van der Waals surface area contributed by atoms with Crippen molar-refractivity contribution in [2.24, 2.45) is 0 Å². The summed E-state index contributed by atoms with van der Waals surface area (Å²) in [7, 11) is 0. The molecule has 0 amide bonds. The highest BCUT2D eigenvalue weighted by Gasteiger charge is 2.32. The van der Waals surface area contributed by atoms with Crippen LogP contribution in [0.25, 0.3) is 0 Å². The third-order valence-corrected chi connectivity index (χ3v) is 3.86. The van der Waals surface area contributed by atoms with Gasteiger partial charge in [-0.05, 0) is 12.1 Å². The maximum absolute atomic E-state index is 12.6. The third-order valence-electron chi connectivity index (χ3n) is 2.73. The molecule has 0 aliphatic heterocycles. The zero-order chi connectivity index (χ0) is 19.5. The van der Waals surface area contributed by atoms with E-state index in [1.54, 1.807) is 0 Å². The minimum absolute atomic E-state index is 0.0203. The van der Waals surface area contributed by atoms with E-state index in [4.69, 9.17) is 67.5 Å². The fourth-order valence-electron chi connectivity index (χ4n) is 1.63. The first-order valence-corrected chi connectivity index (χ1v) is 8.59. The summed E-state index contributed by atoms with van der Waals surface area (Å²) < 4.78 is 48.5. The van der Waals surface area contributed by atoms with Crippen LogP contribution in [0, 0.1) is 0 Å². The second kappa shape index (κ2) is 8.76. The van der Waals surface area contributed by atoms with Crippen LogP contribution >= 0.6 is 58.0 Å². The average Bonchev–Trinajstić information content (AvgIpc) is 2.50. The molecule has 1 heterocycles. The van der Waals surface area contributed by atoms with Crippen molar-refractivity contribution in [3.8, 4) is 17.4 Å². The minimum Gasteiger partial charge on any atom is -0.465 e. The second-order valence-electron chi connectivity index (χ2n) is 4.61. The molecule has 1 aromatic heterocycles. The molecule has 0 N–H and O–H groups in total. The van der Waals surface area contributed by atoms with Crippen molar-refractivity contribution in [3.63, 3.8) is 0 Å². The van der Waals surface area contributed by atoms with Crippen LogP contribution in [0.15, 0.2) is 36.7 Å². The highest BCUT2D eigenvalue weighted by Crippen LogP contribution is 2.41. The van der Waals surface area contributed by atoms with Gasteiger partial charge in [0.25, 0.3) is 0 Å². The second-order valence-corrected chi connectivity index (χ2v) is 6.99. The standard InChI is InChI=1S/C15H7Cl5F3NO2/c16-9-4-8(25-2-1-12(19)20)5-10(17)13(9)26-14-11(18)3-7(6-24-14)15(21,22)23/h1-6,12H/b2-1-. The van der Waals surface area contributed by atoms with Gasteiger partial charge in [0.15, 0.2) is 5.75 Å². The summed E-state index contributed by atoms with van der Waals surface area (Å²) in [5, 5.41) is -0.315. The van der Waals surface area contributed by atoms with Gasteiger partial charge in [0.05, 0.1) is 21.9 Å². The Kier molecular flexibility index (Phi) is 7.16. The molecule has 2 aromatic rings. The minimum atomic E-state index is -4.58. The summed E-state index contributed by atoms with van der Waals surface area (Å²) >= 11 is 28.9. The lowest BCUT2D eigenvalue weighted by atomic mass is 10.3. The molecule has 26 heavy (non-hydrogen) atoms. The van der Waals surface area contributed by atoms with Crippen molar-refractivity contribution >= 4 is 58.0 Å². The average molecular weight is 467 g/mol. The van der Waals surface area contributed by atoms with Gasteiger partial charge in [-0.1, -0.05) is 34.8 Å². The summed E-state index contributed by atoms with van der Waals surface area (Å²) in [4.78, 5) is 2.80. The monoisotopic (exact) mass is 465 g/mol. The lowest BCUT2D eigenvalue weighted by Gasteiger charge is -2.13. The quantitative estimate of drug-likeness (QED) is 0.336. The van der Waals surface area contributed by atoms with E-state index in [1.165, 1.54) is 24.5 Å². The maximum Gasteiger partial charge on any atom is 0.417 e. The van der Waals surface area contributed by atoms with E-state index >= 15 is 0 Å². The molecule has 0 bridgehead atoms. The van der Waals surface area contributed by atoms with E-state index in [9.17, 15) is 13.2 Å². The number of alkyl halides is 5. The number of benzene rings is 1. The summed E-state index contributed by atoms with van der Waals surface area (Å²) in [6.45, 7) is 0. The SMILES string of the molecule is FC(F)(F)c1cnc(Oc2c(Cl)cc(O/C=C\C(Cl)Cl)cc2Cl)c(Cl)c1. The number of allylic oxidation sites excluding steroid dienone is 1. The summed E-state index contributed by atoms with van der Waals surface area (Å²) in [5.41, 5.74) is -1.01. The van der Waals surface area contributed by atoms with Gasteiger partial charge in [0, 0.05) is 18.3 Å². The van der Waals surface area contributed by atoms with Gasteiger partial charge in [-0.15, -0.1) is 23.2 Å². The molecule has 2 rings (SSSR count). The molecule has 0 saturated carbocycles. The molecule has 0 atom stereocenters. The number of ether oxygens (including phenoxy) is 2. The van der Waals surface area contributed by atoms with Crippen LogP contribution in [0.4, 0.5) is 13.2 Å². The molecule has 0 radical (unpaired) electrons. The normalized spacial score (nSPS) is 12.0. The molecular weight excluding hydrogens is 460 g/mol. The smallest absolute Gasteiger partial charge is 0.417 e. The van der Waals surface area contributed by atoms with Crippen molar-refractivity contribution in [2.75, 3.05) is 0 Å². The molecular formula is C15H7Cl5F3NO2. The fourth-order valence-corrected chi connectivity index (χ4v) is 2.50. The molecule has 0 spiro atoms. The maximum atomic E-state index is 12.6. The van der Waals surface area contributed by atoms with Gasteiger partial charge < -0.3 is 9.47 Å². The number of hydrogen-bond acceptors (Lipinski definition) is 3. The zero-order valence-corrected chi connectivity index (χ0v) is 16.1. The number of hydrogen-bond donors (Lipinski definition) is 0. The first-order chi connectivity index (χ1) is 12.1. The number of aromatic nitrogens is 1. The van der Waals surface area contributed by atoms with Crippen LogP contribution in [-0.2, 0) is 6.18 Å². The van der Waals surface area contributed by atoms with Gasteiger partial charge in [0.2, 0.25) is 5.88 Å². The molecule has 0 aliphatic carbocycles. The van der Waals surface area contributed by atoms with Crippen LogP contribution in [0.5, 0.6) is 17.4 Å². The predicted molar refractivity (Wildman–Crippen MR) is 96.0 cm³/mol. The highest BCUT2D eigenvalue weighted by atomic mass is 35.5. The van der Waals surface area contributed by atoms with Crippen LogP contribution in [0.1, 0.15) is 5.56 Å². The Hall–Kier alpha value is -1.05. The summed E-state index contributed by atoms with van der Waals surface area (Å²) in [6, 6.07) is 3.41.